The Morgan fingerprint density at radius 3 is 2.95 bits per heavy atom. The first kappa shape index (κ1) is 13.7. The van der Waals surface area contributed by atoms with Crippen molar-refractivity contribution < 1.29 is 14.3 Å². The van der Waals surface area contributed by atoms with Gasteiger partial charge in [-0.1, -0.05) is 6.07 Å². The maximum Gasteiger partial charge on any atom is 0.260 e. The van der Waals surface area contributed by atoms with Gasteiger partial charge >= 0.3 is 0 Å². The SMILES string of the molecule is COc1cccc(OCC(=O)N2CCC(CN)C2)c1. The lowest BCUT2D eigenvalue weighted by molar-refractivity contribution is -0.132. The van der Waals surface area contributed by atoms with E-state index in [4.69, 9.17) is 15.2 Å². The lowest BCUT2D eigenvalue weighted by atomic mass is 10.1. The van der Waals surface area contributed by atoms with Gasteiger partial charge in [-0.2, -0.15) is 0 Å². The highest BCUT2D eigenvalue weighted by Crippen LogP contribution is 2.19. The highest BCUT2D eigenvalue weighted by molar-refractivity contribution is 5.78. The number of rotatable bonds is 5. The zero-order valence-corrected chi connectivity index (χ0v) is 11.2. The fourth-order valence-corrected chi connectivity index (χ4v) is 2.18. The summed E-state index contributed by atoms with van der Waals surface area (Å²) in [6.45, 7) is 2.23. The molecule has 0 bridgehead atoms. The van der Waals surface area contributed by atoms with E-state index in [9.17, 15) is 4.79 Å². The van der Waals surface area contributed by atoms with E-state index in [-0.39, 0.29) is 12.5 Å². The predicted molar refractivity (Wildman–Crippen MR) is 72.2 cm³/mol. The molecule has 1 aliphatic rings. The summed E-state index contributed by atoms with van der Waals surface area (Å²) in [5, 5.41) is 0. The van der Waals surface area contributed by atoms with Crippen LogP contribution in [-0.2, 0) is 4.79 Å². The summed E-state index contributed by atoms with van der Waals surface area (Å²) in [5.41, 5.74) is 5.61. The number of nitrogens with zero attached hydrogens (tertiary/aromatic N) is 1. The second kappa shape index (κ2) is 6.43. The van der Waals surface area contributed by atoms with Gasteiger partial charge in [0, 0.05) is 19.2 Å². The van der Waals surface area contributed by atoms with Crippen LogP contribution in [0.25, 0.3) is 0 Å². The van der Waals surface area contributed by atoms with Crippen molar-refractivity contribution in [3.05, 3.63) is 24.3 Å². The molecular weight excluding hydrogens is 244 g/mol. The molecule has 1 saturated heterocycles. The van der Waals surface area contributed by atoms with Crippen LogP contribution in [0.3, 0.4) is 0 Å². The van der Waals surface area contributed by atoms with Gasteiger partial charge in [0.15, 0.2) is 6.61 Å². The third kappa shape index (κ3) is 3.61. The third-order valence-electron chi connectivity index (χ3n) is 3.38. The molecule has 1 atom stereocenters. The molecular formula is C14H20N2O3. The van der Waals surface area contributed by atoms with E-state index in [0.717, 1.165) is 19.5 Å². The molecule has 0 saturated carbocycles. The first-order chi connectivity index (χ1) is 9.22. The molecule has 104 valence electrons. The Morgan fingerprint density at radius 2 is 2.26 bits per heavy atom. The van der Waals surface area contributed by atoms with Crippen LogP contribution >= 0.6 is 0 Å². The van der Waals surface area contributed by atoms with Gasteiger partial charge in [0.25, 0.3) is 5.91 Å². The largest absolute Gasteiger partial charge is 0.497 e. The Morgan fingerprint density at radius 1 is 1.47 bits per heavy atom. The van der Waals surface area contributed by atoms with E-state index in [1.807, 2.05) is 23.1 Å². The van der Waals surface area contributed by atoms with Crippen molar-refractivity contribution in [3.8, 4) is 11.5 Å². The second-order valence-electron chi connectivity index (χ2n) is 4.70. The maximum atomic E-state index is 12.0. The summed E-state index contributed by atoms with van der Waals surface area (Å²) >= 11 is 0. The number of carbonyl (C=O) groups is 1. The van der Waals surface area contributed by atoms with E-state index in [1.54, 1.807) is 13.2 Å². The van der Waals surface area contributed by atoms with Crippen LogP contribution in [0.5, 0.6) is 11.5 Å². The van der Waals surface area contributed by atoms with E-state index in [0.29, 0.717) is 24.0 Å². The van der Waals surface area contributed by atoms with Crippen molar-refractivity contribution in [2.24, 2.45) is 11.7 Å². The average Bonchev–Trinajstić information content (AvgIpc) is 2.94. The fraction of sp³-hybridized carbons (Fsp3) is 0.500. The zero-order chi connectivity index (χ0) is 13.7. The van der Waals surface area contributed by atoms with Gasteiger partial charge in [-0.15, -0.1) is 0 Å². The highest BCUT2D eigenvalue weighted by Gasteiger charge is 2.25. The van der Waals surface area contributed by atoms with Crippen LogP contribution in [0.15, 0.2) is 24.3 Å². The fourth-order valence-electron chi connectivity index (χ4n) is 2.18. The van der Waals surface area contributed by atoms with Gasteiger partial charge in [0.1, 0.15) is 11.5 Å². The summed E-state index contributed by atoms with van der Waals surface area (Å²) in [4.78, 5) is 13.8. The summed E-state index contributed by atoms with van der Waals surface area (Å²) < 4.78 is 10.6. The molecule has 1 amide bonds. The van der Waals surface area contributed by atoms with E-state index < -0.39 is 0 Å². The molecule has 2 N–H and O–H groups in total. The summed E-state index contributed by atoms with van der Waals surface area (Å²) in [7, 11) is 1.60. The molecule has 2 rings (SSSR count). The predicted octanol–water partition coefficient (Wildman–Crippen LogP) is 0.881. The minimum absolute atomic E-state index is 0.0127. The number of nitrogens with two attached hydrogens (primary N) is 1. The minimum Gasteiger partial charge on any atom is -0.497 e. The van der Waals surface area contributed by atoms with Crippen LogP contribution in [-0.4, -0.2) is 44.2 Å². The Balaban J connectivity index is 1.83. The lowest BCUT2D eigenvalue weighted by Gasteiger charge is -2.16. The number of methoxy groups -OCH3 is 1. The molecule has 5 heteroatoms. The van der Waals surface area contributed by atoms with Crippen LogP contribution in [0.2, 0.25) is 0 Å². The Kier molecular flexibility index (Phi) is 4.63. The standard InChI is InChI=1S/C14H20N2O3/c1-18-12-3-2-4-13(7-12)19-10-14(17)16-6-5-11(8-15)9-16/h2-4,7,11H,5-6,8-10,15H2,1H3. The normalized spacial score (nSPS) is 18.4. The number of likely N-dealkylation sites (tertiary alicyclic amines) is 1. The van der Waals surface area contributed by atoms with E-state index in [2.05, 4.69) is 0 Å². The van der Waals surface area contributed by atoms with Crippen molar-refractivity contribution in [2.45, 2.75) is 6.42 Å². The van der Waals surface area contributed by atoms with Gasteiger partial charge in [0.05, 0.1) is 7.11 Å². The molecule has 1 aromatic carbocycles. The first-order valence-electron chi connectivity index (χ1n) is 6.47. The van der Waals surface area contributed by atoms with Gasteiger partial charge < -0.3 is 20.1 Å². The van der Waals surface area contributed by atoms with Crippen LogP contribution < -0.4 is 15.2 Å². The summed E-state index contributed by atoms with van der Waals surface area (Å²) in [5.74, 6) is 1.80. The van der Waals surface area contributed by atoms with Crippen molar-refractivity contribution in [3.63, 3.8) is 0 Å². The smallest absolute Gasteiger partial charge is 0.260 e. The van der Waals surface area contributed by atoms with Crippen LogP contribution in [0.4, 0.5) is 0 Å². The number of amides is 1. The molecule has 19 heavy (non-hydrogen) atoms. The number of hydrogen-bond donors (Lipinski definition) is 1. The summed E-state index contributed by atoms with van der Waals surface area (Å²) in [6.07, 6.45) is 0.987. The molecule has 5 nitrogen and oxygen atoms in total. The zero-order valence-electron chi connectivity index (χ0n) is 11.2. The Hall–Kier alpha value is -1.75. The number of ether oxygens (including phenoxy) is 2. The summed E-state index contributed by atoms with van der Waals surface area (Å²) in [6, 6.07) is 7.24. The van der Waals surface area contributed by atoms with Crippen molar-refractivity contribution >= 4 is 5.91 Å². The molecule has 0 radical (unpaired) electrons. The van der Waals surface area contributed by atoms with Crippen molar-refractivity contribution in [1.82, 2.24) is 4.90 Å². The third-order valence-corrected chi connectivity index (χ3v) is 3.38. The van der Waals surface area contributed by atoms with Crippen molar-refractivity contribution in [2.75, 3.05) is 33.4 Å². The molecule has 1 fully saturated rings. The first-order valence-corrected chi connectivity index (χ1v) is 6.47. The minimum atomic E-state index is 0.0127. The molecule has 1 unspecified atom stereocenters. The molecule has 1 heterocycles. The lowest BCUT2D eigenvalue weighted by Crippen LogP contribution is -2.33. The molecule has 1 aromatic rings. The number of benzene rings is 1. The maximum absolute atomic E-state index is 12.0. The molecule has 0 aliphatic carbocycles. The molecule has 1 aliphatic heterocycles. The Bertz CT molecular complexity index is 436. The van der Waals surface area contributed by atoms with E-state index >= 15 is 0 Å². The molecule has 0 spiro atoms. The Labute approximate surface area is 113 Å². The van der Waals surface area contributed by atoms with Gasteiger partial charge in [0.2, 0.25) is 0 Å². The van der Waals surface area contributed by atoms with Gasteiger partial charge in [-0.3, -0.25) is 4.79 Å². The number of hydrogen-bond acceptors (Lipinski definition) is 4. The van der Waals surface area contributed by atoms with Crippen molar-refractivity contribution in [1.29, 1.82) is 0 Å². The quantitative estimate of drug-likeness (QED) is 0.857. The van der Waals surface area contributed by atoms with Gasteiger partial charge in [-0.25, -0.2) is 0 Å². The van der Waals surface area contributed by atoms with Crippen LogP contribution in [0.1, 0.15) is 6.42 Å². The monoisotopic (exact) mass is 264 g/mol. The molecule has 0 aromatic heterocycles. The number of carbonyl (C=O) groups excluding carboxylic acids is 1. The average molecular weight is 264 g/mol. The second-order valence-corrected chi connectivity index (χ2v) is 4.70. The van der Waals surface area contributed by atoms with E-state index in [1.165, 1.54) is 0 Å². The van der Waals surface area contributed by atoms with Gasteiger partial charge in [-0.05, 0) is 31.0 Å². The topological polar surface area (TPSA) is 64.8 Å². The highest BCUT2D eigenvalue weighted by atomic mass is 16.5. The van der Waals surface area contributed by atoms with Crippen LogP contribution in [0, 0.1) is 5.92 Å².